The summed E-state index contributed by atoms with van der Waals surface area (Å²) in [6.45, 7) is 2.01. The van der Waals surface area contributed by atoms with Crippen molar-refractivity contribution in [1.29, 1.82) is 0 Å². The zero-order valence-electron chi connectivity index (χ0n) is 9.69. The predicted molar refractivity (Wildman–Crippen MR) is 72.6 cm³/mol. The number of benzene rings is 1. The number of rotatable bonds is 2. The summed E-state index contributed by atoms with van der Waals surface area (Å²) in [6, 6.07) is 5.78. The Hall–Kier alpha value is -0.390. The minimum Gasteiger partial charge on any atom is -0.324 e. The SMILES string of the molecule is Cc1ccc(C(N)C2CCS(=O)(=O)C2)cc1Br. The van der Waals surface area contributed by atoms with Crippen molar-refractivity contribution < 1.29 is 8.42 Å². The molecular weight excluding hydrogens is 302 g/mol. The van der Waals surface area contributed by atoms with E-state index in [2.05, 4.69) is 15.9 Å². The smallest absolute Gasteiger partial charge is 0.150 e. The van der Waals surface area contributed by atoms with E-state index in [4.69, 9.17) is 5.73 Å². The van der Waals surface area contributed by atoms with E-state index in [1.54, 1.807) is 0 Å². The van der Waals surface area contributed by atoms with Crippen molar-refractivity contribution in [3.05, 3.63) is 33.8 Å². The van der Waals surface area contributed by atoms with Gasteiger partial charge in [-0.15, -0.1) is 0 Å². The van der Waals surface area contributed by atoms with Crippen LogP contribution in [0.5, 0.6) is 0 Å². The molecule has 17 heavy (non-hydrogen) atoms. The van der Waals surface area contributed by atoms with Crippen LogP contribution in [-0.4, -0.2) is 19.9 Å². The molecule has 2 N–H and O–H groups in total. The summed E-state index contributed by atoms with van der Waals surface area (Å²) in [4.78, 5) is 0. The van der Waals surface area contributed by atoms with E-state index < -0.39 is 9.84 Å². The monoisotopic (exact) mass is 317 g/mol. The predicted octanol–water partition coefficient (Wildman–Crippen LogP) is 2.19. The van der Waals surface area contributed by atoms with Crippen molar-refractivity contribution in [1.82, 2.24) is 0 Å². The first kappa shape index (κ1) is 13.1. The van der Waals surface area contributed by atoms with Gasteiger partial charge < -0.3 is 5.73 Å². The van der Waals surface area contributed by atoms with E-state index in [1.165, 1.54) is 0 Å². The maximum Gasteiger partial charge on any atom is 0.150 e. The van der Waals surface area contributed by atoms with Crippen molar-refractivity contribution in [3.8, 4) is 0 Å². The molecule has 0 bridgehead atoms. The lowest BCUT2D eigenvalue weighted by Gasteiger charge is -2.18. The number of hydrogen-bond donors (Lipinski definition) is 1. The van der Waals surface area contributed by atoms with Crippen LogP contribution in [0.2, 0.25) is 0 Å². The Bertz CT molecular complexity index is 527. The molecule has 3 nitrogen and oxygen atoms in total. The van der Waals surface area contributed by atoms with Crippen LogP contribution < -0.4 is 5.73 Å². The van der Waals surface area contributed by atoms with E-state index in [-0.39, 0.29) is 23.5 Å². The highest BCUT2D eigenvalue weighted by molar-refractivity contribution is 9.10. The normalized spacial score (nSPS) is 24.8. The van der Waals surface area contributed by atoms with Gasteiger partial charge in [-0.3, -0.25) is 0 Å². The van der Waals surface area contributed by atoms with Gasteiger partial charge in [0.2, 0.25) is 0 Å². The summed E-state index contributed by atoms with van der Waals surface area (Å²) in [5.41, 5.74) is 8.31. The molecule has 0 spiro atoms. The van der Waals surface area contributed by atoms with Crippen molar-refractivity contribution >= 4 is 25.8 Å². The lowest BCUT2D eigenvalue weighted by Crippen LogP contribution is -2.22. The quantitative estimate of drug-likeness (QED) is 0.909. The largest absolute Gasteiger partial charge is 0.324 e. The van der Waals surface area contributed by atoms with Gasteiger partial charge >= 0.3 is 0 Å². The number of nitrogens with two attached hydrogens (primary N) is 1. The van der Waals surface area contributed by atoms with Crippen LogP contribution in [-0.2, 0) is 9.84 Å². The fourth-order valence-corrected chi connectivity index (χ4v) is 4.45. The topological polar surface area (TPSA) is 60.2 Å². The molecule has 5 heteroatoms. The van der Waals surface area contributed by atoms with Crippen LogP contribution in [0.3, 0.4) is 0 Å². The first-order valence-corrected chi connectivity index (χ1v) is 8.22. The average Bonchev–Trinajstić information content (AvgIpc) is 2.62. The number of sulfone groups is 1. The molecule has 94 valence electrons. The molecule has 0 radical (unpaired) electrons. The number of hydrogen-bond acceptors (Lipinski definition) is 3. The van der Waals surface area contributed by atoms with Crippen LogP contribution in [0.25, 0.3) is 0 Å². The highest BCUT2D eigenvalue weighted by Crippen LogP contribution is 2.31. The molecule has 0 aromatic heterocycles. The summed E-state index contributed by atoms with van der Waals surface area (Å²) >= 11 is 3.47. The van der Waals surface area contributed by atoms with E-state index in [9.17, 15) is 8.42 Å². The standard InChI is InChI=1S/C12H16BrNO2S/c1-8-2-3-9(6-11(8)13)12(14)10-4-5-17(15,16)7-10/h2-3,6,10,12H,4-5,7,14H2,1H3. The van der Waals surface area contributed by atoms with E-state index in [0.717, 1.165) is 15.6 Å². The number of aryl methyl sites for hydroxylation is 1. The zero-order valence-corrected chi connectivity index (χ0v) is 12.1. The lowest BCUT2D eigenvalue weighted by atomic mass is 9.93. The van der Waals surface area contributed by atoms with Crippen LogP contribution in [0, 0.1) is 12.8 Å². The van der Waals surface area contributed by atoms with E-state index in [1.807, 2.05) is 25.1 Å². The van der Waals surface area contributed by atoms with Crippen LogP contribution in [0.1, 0.15) is 23.6 Å². The third kappa shape index (κ3) is 2.89. The Labute approximate surface area is 110 Å². The van der Waals surface area contributed by atoms with E-state index >= 15 is 0 Å². The molecule has 0 saturated carbocycles. The molecule has 1 aliphatic heterocycles. The molecule has 2 rings (SSSR count). The summed E-state index contributed by atoms with van der Waals surface area (Å²) in [5.74, 6) is 0.549. The maximum absolute atomic E-state index is 11.4. The van der Waals surface area contributed by atoms with Gasteiger partial charge in [0.15, 0.2) is 9.84 Å². The van der Waals surface area contributed by atoms with Gasteiger partial charge in [-0.05, 0) is 36.5 Å². The molecule has 1 aromatic rings. The van der Waals surface area contributed by atoms with Gasteiger partial charge in [-0.1, -0.05) is 28.1 Å². The van der Waals surface area contributed by atoms with Crippen LogP contribution in [0.15, 0.2) is 22.7 Å². The third-order valence-electron chi connectivity index (χ3n) is 3.36. The first-order chi connectivity index (χ1) is 7.89. The number of halogens is 1. The van der Waals surface area contributed by atoms with Gasteiger partial charge in [0.1, 0.15) is 0 Å². The second-order valence-electron chi connectivity index (χ2n) is 4.70. The second kappa shape index (κ2) is 4.71. The Balaban J connectivity index is 2.20. The fraction of sp³-hybridized carbons (Fsp3) is 0.500. The molecule has 1 fully saturated rings. The zero-order chi connectivity index (χ0) is 12.6. The van der Waals surface area contributed by atoms with Gasteiger partial charge in [0.25, 0.3) is 0 Å². The maximum atomic E-state index is 11.4. The van der Waals surface area contributed by atoms with Gasteiger partial charge in [0.05, 0.1) is 11.5 Å². The minimum absolute atomic E-state index is 0.0506. The first-order valence-electron chi connectivity index (χ1n) is 5.61. The summed E-state index contributed by atoms with van der Waals surface area (Å²) in [7, 11) is -2.86. The summed E-state index contributed by atoms with van der Waals surface area (Å²) in [6.07, 6.45) is 0.676. The second-order valence-corrected chi connectivity index (χ2v) is 7.78. The van der Waals surface area contributed by atoms with Gasteiger partial charge in [-0.2, -0.15) is 0 Å². The molecule has 0 aliphatic carbocycles. The summed E-state index contributed by atoms with van der Waals surface area (Å²) in [5, 5.41) is 0. The molecule has 1 aliphatic rings. The molecular formula is C12H16BrNO2S. The highest BCUT2D eigenvalue weighted by Gasteiger charge is 2.32. The van der Waals surface area contributed by atoms with Gasteiger partial charge in [-0.25, -0.2) is 8.42 Å². The summed E-state index contributed by atoms with van der Waals surface area (Å²) < 4.78 is 23.9. The molecule has 1 heterocycles. The Morgan fingerprint density at radius 2 is 2.18 bits per heavy atom. The molecule has 2 atom stereocenters. The molecule has 1 aromatic carbocycles. The highest BCUT2D eigenvalue weighted by atomic mass is 79.9. The van der Waals surface area contributed by atoms with Gasteiger partial charge in [0, 0.05) is 10.5 Å². The Morgan fingerprint density at radius 1 is 1.47 bits per heavy atom. The average molecular weight is 318 g/mol. The lowest BCUT2D eigenvalue weighted by molar-refractivity contribution is 0.480. The third-order valence-corrected chi connectivity index (χ3v) is 6.00. The van der Waals surface area contributed by atoms with Crippen molar-refractivity contribution in [2.45, 2.75) is 19.4 Å². The van der Waals surface area contributed by atoms with Crippen molar-refractivity contribution in [2.24, 2.45) is 11.7 Å². The molecule has 0 amide bonds. The minimum atomic E-state index is -2.86. The Kier molecular flexibility index (Phi) is 3.61. The molecule has 1 saturated heterocycles. The van der Waals surface area contributed by atoms with E-state index in [0.29, 0.717) is 6.42 Å². The Morgan fingerprint density at radius 3 is 2.71 bits per heavy atom. The van der Waals surface area contributed by atoms with Crippen LogP contribution >= 0.6 is 15.9 Å². The fourth-order valence-electron chi connectivity index (χ4n) is 2.20. The van der Waals surface area contributed by atoms with Crippen molar-refractivity contribution in [2.75, 3.05) is 11.5 Å². The van der Waals surface area contributed by atoms with Crippen molar-refractivity contribution in [3.63, 3.8) is 0 Å². The van der Waals surface area contributed by atoms with Crippen LogP contribution in [0.4, 0.5) is 0 Å². The molecule has 2 unspecified atom stereocenters.